The second-order valence-electron chi connectivity index (χ2n) is 7.71. The van der Waals surface area contributed by atoms with Gasteiger partial charge >= 0.3 is 5.91 Å². The summed E-state index contributed by atoms with van der Waals surface area (Å²) in [5.74, 6) is -0.574. The van der Waals surface area contributed by atoms with Crippen molar-refractivity contribution in [2.45, 2.75) is 25.9 Å². The average molecular weight is 433 g/mol. The number of hydrogen-bond donors (Lipinski definition) is 2. The zero-order chi connectivity index (χ0) is 22.0. The molecule has 0 radical (unpaired) electrons. The van der Waals surface area contributed by atoms with E-state index in [1.807, 2.05) is 68.4 Å². The van der Waals surface area contributed by atoms with Crippen molar-refractivity contribution in [3.63, 3.8) is 0 Å². The topological polar surface area (TPSA) is 61.2 Å². The zero-order valence-corrected chi connectivity index (χ0v) is 18.1. The first-order valence-corrected chi connectivity index (χ1v) is 10.4. The highest BCUT2D eigenvalue weighted by Gasteiger charge is 2.47. The maximum absolute atomic E-state index is 12.9. The second kappa shape index (κ2) is 8.74. The summed E-state index contributed by atoms with van der Waals surface area (Å²) in [6.45, 7) is 3.93. The minimum Gasteiger partial charge on any atom is -0.334 e. The van der Waals surface area contributed by atoms with Gasteiger partial charge in [-0.05, 0) is 38.1 Å². The molecule has 1 fully saturated rings. The van der Waals surface area contributed by atoms with Crippen LogP contribution in [0.3, 0.4) is 0 Å². The highest BCUT2D eigenvalue weighted by molar-refractivity contribution is 6.32. The monoisotopic (exact) mass is 432 g/mol. The molecular formula is C25H23ClN3O2+. The largest absolute Gasteiger partial charge is 0.334 e. The van der Waals surface area contributed by atoms with Gasteiger partial charge in [-0.2, -0.15) is 0 Å². The molecule has 1 aliphatic rings. The Bertz CT molecular complexity index is 1170. The average Bonchev–Trinajstić information content (AvgIpc) is 3.05. The van der Waals surface area contributed by atoms with Crippen LogP contribution >= 0.6 is 11.6 Å². The fraction of sp³-hybridized carbons (Fsp3) is 0.160. The van der Waals surface area contributed by atoms with Crippen molar-refractivity contribution < 1.29 is 14.3 Å². The van der Waals surface area contributed by atoms with Crippen LogP contribution in [0.2, 0.25) is 5.02 Å². The van der Waals surface area contributed by atoms with E-state index in [4.69, 9.17) is 11.6 Å². The third-order valence-electron chi connectivity index (χ3n) is 5.31. The molecule has 0 bridgehead atoms. The van der Waals surface area contributed by atoms with E-state index in [1.54, 1.807) is 29.1 Å². The number of aryl methyl sites for hydroxylation is 2. The summed E-state index contributed by atoms with van der Waals surface area (Å²) in [5.41, 5.74) is 7.16. The Morgan fingerprint density at radius 2 is 1.74 bits per heavy atom. The van der Waals surface area contributed by atoms with E-state index in [2.05, 4.69) is 10.7 Å². The Hall–Kier alpha value is -3.44. The third kappa shape index (κ3) is 4.52. The molecule has 2 N–H and O–H groups in total. The molecule has 0 spiro atoms. The van der Waals surface area contributed by atoms with Crippen molar-refractivity contribution >= 4 is 29.6 Å². The summed E-state index contributed by atoms with van der Waals surface area (Å²) in [4.78, 5) is 25.8. The number of halogens is 1. The van der Waals surface area contributed by atoms with Crippen LogP contribution in [0.1, 0.15) is 38.7 Å². The molecule has 3 aromatic rings. The lowest BCUT2D eigenvalue weighted by Gasteiger charge is -2.15. The van der Waals surface area contributed by atoms with Crippen LogP contribution in [0.4, 0.5) is 0 Å². The van der Waals surface area contributed by atoms with Gasteiger partial charge < -0.3 is 5.32 Å². The molecule has 2 amide bonds. The van der Waals surface area contributed by atoms with Crippen molar-refractivity contribution in [2.24, 2.45) is 0 Å². The minimum absolute atomic E-state index is 0.283. The number of amides is 2. The summed E-state index contributed by atoms with van der Waals surface area (Å²) in [6, 6.07) is 21.4. The van der Waals surface area contributed by atoms with Gasteiger partial charge in [-0.1, -0.05) is 71.3 Å². The fourth-order valence-corrected chi connectivity index (χ4v) is 3.87. The summed E-state index contributed by atoms with van der Waals surface area (Å²) >= 11 is 6.33. The number of hydrazone groups is 1. The Balaban J connectivity index is 1.72. The van der Waals surface area contributed by atoms with E-state index < -0.39 is 12.1 Å². The van der Waals surface area contributed by atoms with Crippen LogP contribution in [-0.2, 0) is 4.79 Å². The van der Waals surface area contributed by atoms with Crippen LogP contribution in [0, 0.1) is 13.8 Å². The molecule has 156 valence electrons. The molecule has 0 aliphatic carbocycles. The molecule has 3 aromatic carbocycles. The number of carbonyl (C=O) groups is 2. The van der Waals surface area contributed by atoms with Crippen molar-refractivity contribution in [2.75, 3.05) is 0 Å². The van der Waals surface area contributed by atoms with Crippen molar-refractivity contribution in [3.8, 4) is 0 Å². The number of hydrazine groups is 1. The standard InChI is InChI=1S/C25H22ClN3O2/c1-16-10-12-18(13-11-16)23-22(27-24(30)19-8-5-6-17(2)14-19)25(31)28-29(23)15-20-7-3-4-9-21(20)26/h3-15,22-23H,1-2H3,(H-,27,28,30,31)/p+1/b29-15-/t22-,23+/m0/s1. The predicted molar refractivity (Wildman–Crippen MR) is 121 cm³/mol. The molecule has 4 rings (SSSR count). The van der Waals surface area contributed by atoms with Crippen LogP contribution < -0.4 is 10.7 Å². The van der Waals surface area contributed by atoms with Gasteiger partial charge in [0.2, 0.25) is 12.3 Å². The molecule has 1 aliphatic heterocycles. The second-order valence-corrected chi connectivity index (χ2v) is 8.12. The summed E-state index contributed by atoms with van der Waals surface area (Å²) in [6.07, 6.45) is 1.80. The molecule has 1 saturated heterocycles. The maximum atomic E-state index is 12.9. The Morgan fingerprint density at radius 1 is 1.00 bits per heavy atom. The van der Waals surface area contributed by atoms with Crippen LogP contribution in [0.5, 0.6) is 0 Å². The van der Waals surface area contributed by atoms with Gasteiger partial charge in [0, 0.05) is 11.1 Å². The van der Waals surface area contributed by atoms with Gasteiger partial charge in [0.15, 0.2) is 6.04 Å². The Morgan fingerprint density at radius 3 is 2.45 bits per heavy atom. The first-order chi connectivity index (χ1) is 14.9. The smallest absolute Gasteiger partial charge is 0.304 e. The molecule has 31 heavy (non-hydrogen) atoms. The quantitative estimate of drug-likeness (QED) is 0.613. The van der Waals surface area contributed by atoms with Gasteiger partial charge in [0.05, 0.1) is 10.6 Å². The zero-order valence-electron chi connectivity index (χ0n) is 17.3. The van der Waals surface area contributed by atoms with Crippen molar-refractivity contribution in [1.82, 2.24) is 10.7 Å². The first kappa shape index (κ1) is 20.8. The van der Waals surface area contributed by atoms with Gasteiger partial charge in [-0.3, -0.25) is 9.59 Å². The predicted octanol–water partition coefficient (Wildman–Crippen LogP) is 3.97. The lowest BCUT2D eigenvalue weighted by Crippen LogP contribution is -2.42. The van der Waals surface area contributed by atoms with Crippen molar-refractivity contribution in [1.29, 1.82) is 0 Å². The molecule has 0 saturated carbocycles. The van der Waals surface area contributed by atoms with Gasteiger partial charge in [0.1, 0.15) is 0 Å². The highest BCUT2D eigenvalue weighted by atomic mass is 35.5. The van der Waals surface area contributed by atoms with Crippen LogP contribution in [0.25, 0.3) is 0 Å². The summed E-state index contributed by atoms with van der Waals surface area (Å²) < 4.78 is 1.72. The first-order valence-electron chi connectivity index (χ1n) is 10.0. The molecule has 1 heterocycles. The summed E-state index contributed by atoms with van der Waals surface area (Å²) in [7, 11) is 0. The lowest BCUT2D eigenvalue weighted by molar-refractivity contribution is -0.596. The molecule has 0 aromatic heterocycles. The normalized spacial score (nSPS) is 19.3. The van der Waals surface area contributed by atoms with Gasteiger partial charge in [-0.25, -0.2) is 0 Å². The van der Waals surface area contributed by atoms with Crippen LogP contribution in [-0.4, -0.2) is 28.8 Å². The maximum Gasteiger partial charge on any atom is 0.304 e. The Kier molecular flexibility index (Phi) is 5.87. The molecule has 0 unspecified atom stereocenters. The number of hydrogen-bond acceptors (Lipinski definition) is 2. The van der Waals surface area contributed by atoms with E-state index >= 15 is 0 Å². The SMILES string of the molecule is Cc1ccc([C@@H]2[C@H](NC(=O)c3cccc(C)c3)C(=O)N/[N+]2=C\c2ccccc2Cl)cc1. The number of benzene rings is 3. The van der Waals surface area contributed by atoms with Crippen LogP contribution in [0.15, 0.2) is 72.8 Å². The Labute approximate surface area is 186 Å². The lowest BCUT2D eigenvalue weighted by atomic mass is 9.98. The van der Waals surface area contributed by atoms with Gasteiger partial charge in [0.25, 0.3) is 5.91 Å². The molecule has 6 heteroatoms. The molecule has 2 atom stereocenters. The van der Waals surface area contributed by atoms with Gasteiger partial charge in [-0.15, -0.1) is 10.1 Å². The van der Waals surface area contributed by atoms with E-state index in [9.17, 15) is 9.59 Å². The van der Waals surface area contributed by atoms with Crippen molar-refractivity contribution in [3.05, 3.63) is 106 Å². The summed E-state index contributed by atoms with van der Waals surface area (Å²) in [5, 5.41) is 3.50. The fourth-order valence-electron chi connectivity index (χ4n) is 3.68. The van der Waals surface area contributed by atoms with E-state index in [0.717, 1.165) is 22.3 Å². The number of carbonyl (C=O) groups excluding carboxylic acids is 2. The van der Waals surface area contributed by atoms with E-state index in [-0.39, 0.29) is 11.8 Å². The minimum atomic E-state index is -0.769. The molecular weight excluding hydrogens is 410 g/mol. The molecule has 5 nitrogen and oxygen atoms in total. The van der Waals surface area contributed by atoms with E-state index in [0.29, 0.717) is 10.6 Å². The number of rotatable bonds is 4. The third-order valence-corrected chi connectivity index (χ3v) is 5.65. The number of nitrogens with zero attached hydrogens (tertiary/aromatic N) is 1. The highest BCUT2D eigenvalue weighted by Crippen LogP contribution is 2.26. The number of nitrogens with one attached hydrogen (secondary N) is 2. The van der Waals surface area contributed by atoms with E-state index in [1.165, 1.54) is 0 Å².